The van der Waals surface area contributed by atoms with Crippen LogP contribution >= 0.6 is 0 Å². The molecule has 1 rings (SSSR count). The van der Waals surface area contributed by atoms with Crippen LogP contribution in [0.2, 0.25) is 0 Å². The number of ether oxygens (including phenoxy) is 1. The van der Waals surface area contributed by atoms with E-state index in [1.165, 1.54) is 0 Å². The van der Waals surface area contributed by atoms with Crippen LogP contribution in [-0.4, -0.2) is 29.7 Å². The van der Waals surface area contributed by atoms with Gasteiger partial charge >= 0.3 is 23.1 Å². The van der Waals surface area contributed by atoms with Gasteiger partial charge in [0.15, 0.2) is 0 Å². The van der Waals surface area contributed by atoms with E-state index in [-0.39, 0.29) is 40.0 Å². The Kier molecular flexibility index (Phi) is 10.5. The zero-order chi connectivity index (χ0) is 6.53. The average molecular weight is 225 g/mol. The van der Waals surface area contributed by atoms with Crippen LogP contribution in [0.3, 0.4) is 0 Å². The Balaban J connectivity index is 0. The molecule has 0 aliphatic rings. The summed E-state index contributed by atoms with van der Waals surface area (Å²) in [6.45, 7) is 2.69. The Bertz CT molecular complexity index is 167. The predicted octanol–water partition coefficient (Wildman–Crippen LogP) is -1.49. The van der Waals surface area contributed by atoms with E-state index in [4.69, 9.17) is 4.74 Å². The molecule has 0 aliphatic carbocycles. The van der Waals surface area contributed by atoms with Gasteiger partial charge < -0.3 is 21.7 Å². The van der Waals surface area contributed by atoms with E-state index in [1.807, 2.05) is 31.2 Å². The molecule has 0 saturated heterocycles. The first kappa shape index (κ1) is 13.8. The summed E-state index contributed by atoms with van der Waals surface area (Å²) in [5.41, 5.74) is 0. The Morgan fingerprint density at radius 2 is 2.27 bits per heavy atom. The van der Waals surface area contributed by atoms with Crippen molar-refractivity contribution in [2.45, 2.75) is 6.92 Å². The van der Waals surface area contributed by atoms with Crippen molar-refractivity contribution in [3.63, 3.8) is 0 Å². The summed E-state index contributed by atoms with van der Waals surface area (Å²) in [4.78, 5) is 0. The fraction of sp³-hybridized carbons (Fsp3) is 0.250. The van der Waals surface area contributed by atoms with Crippen molar-refractivity contribution in [2.24, 2.45) is 0 Å². The Morgan fingerprint density at radius 1 is 1.55 bits per heavy atom. The quantitative estimate of drug-likeness (QED) is 0.440. The first-order valence-electron chi connectivity index (χ1n) is 3.02. The molecule has 56 valence electrons. The van der Waals surface area contributed by atoms with Crippen LogP contribution in [0.15, 0.2) is 24.3 Å². The van der Waals surface area contributed by atoms with E-state index < -0.39 is 0 Å². The summed E-state index contributed by atoms with van der Waals surface area (Å²) in [6, 6.07) is 10.4. The molecule has 0 saturated carbocycles. The molecule has 1 nitrogen and oxygen atoms in total. The van der Waals surface area contributed by atoms with Gasteiger partial charge in [0.2, 0.25) is 0 Å². The van der Waals surface area contributed by atoms with Gasteiger partial charge in [0, 0.05) is 5.75 Å². The topological polar surface area (TPSA) is 9.23 Å². The molecule has 0 heterocycles. The molecular formula is C8H9BrMgO. The van der Waals surface area contributed by atoms with E-state index in [1.54, 1.807) is 0 Å². The number of benzene rings is 1. The Labute approximate surface area is 94.1 Å². The molecule has 0 aromatic heterocycles. The Hall–Kier alpha value is 0.266. The number of hydrogen-bond acceptors (Lipinski definition) is 1. The van der Waals surface area contributed by atoms with Gasteiger partial charge in [-0.2, -0.15) is 18.2 Å². The normalized spacial score (nSPS) is 7.36. The molecule has 1 aromatic rings. The van der Waals surface area contributed by atoms with E-state index in [0.29, 0.717) is 0 Å². The second-order valence-electron chi connectivity index (χ2n) is 1.67. The molecule has 0 amide bonds. The first-order valence-corrected chi connectivity index (χ1v) is 3.02. The molecule has 0 bridgehead atoms. The predicted molar refractivity (Wildman–Crippen MR) is 42.2 cm³/mol. The SMILES string of the molecule is CCOc1c[c-]ccc1.[Br-].[Mg+2]. The summed E-state index contributed by atoms with van der Waals surface area (Å²) >= 11 is 0. The third kappa shape index (κ3) is 5.53. The molecule has 0 spiro atoms. The molecule has 1 aromatic carbocycles. The summed E-state index contributed by atoms with van der Waals surface area (Å²) in [7, 11) is 0. The third-order valence-corrected chi connectivity index (χ3v) is 0.990. The van der Waals surface area contributed by atoms with Gasteiger partial charge in [-0.15, -0.1) is 12.1 Å². The minimum absolute atomic E-state index is 0. The van der Waals surface area contributed by atoms with Gasteiger partial charge in [-0.3, -0.25) is 0 Å². The molecule has 0 aliphatic heterocycles. The van der Waals surface area contributed by atoms with Crippen molar-refractivity contribution < 1.29 is 21.7 Å². The second kappa shape index (κ2) is 8.36. The number of rotatable bonds is 2. The van der Waals surface area contributed by atoms with E-state index in [0.717, 1.165) is 12.4 Å². The van der Waals surface area contributed by atoms with Crippen LogP contribution in [0.25, 0.3) is 0 Å². The minimum Gasteiger partial charge on any atom is -1.00 e. The maximum Gasteiger partial charge on any atom is 2.00 e. The third-order valence-electron chi connectivity index (χ3n) is 0.990. The van der Waals surface area contributed by atoms with Gasteiger partial charge in [-0.05, 0) is 6.92 Å². The second-order valence-corrected chi connectivity index (χ2v) is 1.67. The van der Waals surface area contributed by atoms with E-state index in [2.05, 4.69) is 6.07 Å². The first-order chi connectivity index (χ1) is 4.43. The van der Waals surface area contributed by atoms with Gasteiger partial charge in [0.05, 0.1) is 6.61 Å². The summed E-state index contributed by atoms with van der Waals surface area (Å²) < 4.78 is 5.17. The summed E-state index contributed by atoms with van der Waals surface area (Å²) in [5, 5.41) is 0. The summed E-state index contributed by atoms with van der Waals surface area (Å²) in [6.07, 6.45) is 0. The van der Waals surface area contributed by atoms with Crippen molar-refractivity contribution in [2.75, 3.05) is 6.61 Å². The fourth-order valence-corrected chi connectivity index (χ4v) is 0.633. The van der Waals surface area contributed by atoms with Crippen molar-refractivity contribution in [1.82, 2.24) is 0 Å². The molecule has 3 heteroatoms. The monoisotopic (exact) mass is 224 g/mol. The van der Waals surface area contributed by atoms with Crippen molar-refractivity contribution in [1.29, 1.82) is 0 Å². The standard InChI is InChI=1S/C8H9O.BrH.Mg/c1-2-9-8-6-4-3-5-7-8;;/h3-4,6-7H,2H2,1H3;1H;/q-1;;+2/p-1. The molecule has 0 radical (unpaired) electrons. The van der Waals surface area contributed by atoms with Gasteiger partial charge in [-0.1, -0.05) is 0 Å². The smallest absolute Gasteiger partial charge is 1.00 e. The molecule has 0 unspecified atom stereocenters. The van der Waals surface area contributed by atoms with Crippen LogP contribution in [0.5, 0.6) is 5.75 Å². The maximum atomic E-state index is 5.17. The average Bonchev–Trinajstić information content (AvgIpc) is 1.91. The molecule has 0 fully saturated rings. The molecule has 0 atom stereocenters. The maximum absolute atomic E-state index is 5.17. The van der Waals surface area contributed by atoms with Crippen LogP contribution in [0.1, 0.15) is 6.92 Å². The summed E-state index contributed by atoms with van der Waals surface area (Å²) in [5.74, 6) is 0.889. The van der Waals surface area contributed by atoms with Crippen LogP contribution in [-0.2, 0) is 0 Å². The number of halogens is 1. The molecule has 0 N–H and O–H groups in total. The minimum atomic E-state index is 0. The van der Waals surface area contributed by atoms with Gasteiger partial charge in [0.1, 0.15) is 0 Å². The Morgan fingerprint density at radius 3 is 2.73 bits per heavy atom. The zero-order valence-corrected chi connectivity index (χ0v) is 9.51. The fourth-order valence-electron chi connectivity index (χ4n) is 0.633. The number of hydrogen-bond donors (Lipinski definition) is 0. The van der Waals surface area contributed by atoms with Crippen molar-refractivity contribution in [3.8, 4) is 5.75 Å². The van der Waals surface area contributed by atoms with Crippen LogP contribution in [0, 0.1) is 6.07 Å². The van der Waals surface area contributed by atoms with Crippen molar-refractivity contribution >= 4 is 23.1 Å². The van der Waals surface area contributed by atoms with E-state index >= 15 is 0 Å². The van der Waals surface area contributed by atoms with Gasteiger partial charge in [0.25, 0.3) is 0 Å². The van der Waals surface area contributed by atoms with Crippen LogP contribution < -0.4 is 21.7 Å². The van der Waals surface area contributed by atoms with Crippen LogP contribution in [0.4, 0.5) is 0 Å². The van der Waals surface area contributed by atoms with Gasteiger partial charge in [-0.25, -0.2) is 0 Å². The zero-order valence-electron chi connectivity index (χ0n) is 6.51. The van der Waals surface area contributed by atoms with Crippen molar-refractivity contribution in [3.05, 3.63) is 30.3 Å². The van der Waals surface area contributed by atoms with E-state index in [9.17, 15) is 0 Å². The largest absolute Gasteiger partial charge is 2.00 e. The molecular weight excluding hydrogens is 216 g/mol. The molecule has 11 heavy (non-hydrogen) atoms.